The van der Waals surface area contributed by atoms with Crippen LogP contribution in [0, 0.1) is 0 Å². The van der Waals surface area contributed by atoms with Crippen LogP contribution in [0.2, 0.25) is 0 Å². The second kappa shape index (κ2) is 4.57. The van der Waals surface area contributed by atoms with Gasteiger partial charge in [-0.15, -0.1) is 11.3 Å². The minimum atomic E-state index is 0.360. The molecule has 0 radical (unpaired) electrons. The highest BCUT2D eigenvalue weighted by Gasteiger charge is 2.20. The second-order valence-corrected chi connectivity index (χ2v) is 5.47. The number of nitrogens with two attached hydrogens (primary N) is 1. The second-order valence-electron chi connectivity index (χ2n) is 4.47. The van der Waals surface area contributed by atoms with Crippen molar-refractivity contribution in [3.63, 3.8) is 0 Å². The van der Waals surface area contributed by atoms with Gasteiger partial charge in [0.2, 0.25) is 5.95 Å². The van der Waals surface area contributed by atoms with Gasteiger partial charge in [0, 0.05) is 29.7 Å². The Morgan fingerprint density at radius 1 is 1.50 bits per heavy atom. The monoisotopic (exact) mass is 260 g/mol. The lowest BCUT2D eigenvalue weighted by molar-refractivity contribution is 0.725. The lowest BCUT2D eigenvalue weighted by Crippen LogP contribution is -2.31. The van der Waals surface area contributed by atoms with Crippen molar-refractivity contribution in [2.75, 3.05) is 17.2 Å². The SMILES string of the molecule is CCc1cnc(N)nc1N1CCc2sccc2C1. The number of anilines is 2. The Balaban J connectivity index is 1.94. The molecule has 0 aromatic carbocycles. The van der Waals surface area contributed by atoms with E-state index < -0.39 is 0 Å². The van der Waals surface area contributed by atoms with Crippen LogP contribution in [0.1, 0.15) is 22.9 Å². The van der Waals surface area contributed by atoms with E-state index in [2.05, 4.69) is 33.2 Å². The average Bonchev–Trinajstić information content (AvgIpc) is 2.85. The van der Waals surface area contributed by atoms with Crippen molar-refractivity contribution in [2.24, 2.45) is 0 Å². The van der Waals surface area contributed by atoms with Crippen LogP contribution in [-0.4, -0.2) is 16.5 Å². The first-order valence-electron chi connectivity index (χ1n) is 6.19. The molecule has 2 aromatic rings. The Morgan fingerprint density at radius 3 is 3.22 bits per heavy atom. The zero-order chi connectivity index (χ0) is 12.5. The third-order valence-corrected chi connectivity index (χ3v) is 4.37. The lowest BCUT2D eigenvalue weighted by atomic mass is 10.1. The van der Waals surface area contributed by atoms with Gasteiger partial charge in [0.15, 0.2) is 0 Å². The number of nitrogens with zero attached hydrogens (tertiary/aromatic N) is 3. The Bertz CT molecular complexity index is 564. The van der Waals surface area contributed by atoms with Gasteiger partial charge >= 0.3 is 0 Å². The number of rotatable bonds is 2. The number of aromatic nitrogens is 2. The van der Waals surface area contributed by atoms with Crippen molar-refractivity contribution in [2.45, 2.75) is 26.3 Å². The van der Waals surface area contributed by atoms with Crippen LogP contribution in [0.25, 0.3) is 0 Å². The zero-order valence-corrected chi connectivity index (χ0v) is 11.2. The predicted molar refractivity (Wildman–Crippen MR) is 74.9 cm³/mol. The minimum absolute atomic E-state index is 0.360. The maximum absolute atomic E-state index is 5.72. The van der Waals surface area contributed by atoms with Crippen LogP contribution in [0.3, 0.4) is 0 Å². The summed E-state index contributed by atoms with van der Waals surface area (Å²) in [5, 5.41) is 2.17. The molecular weight excluding hydrogens is 244 g/mol. The van der Waals surface area contributed by atoms with Crippen molar-refractivity contribution in [3.05, 3.63) is 33.6 Å². The molecular formula is C13H16N4S. The van der Waals surface area contributed by atoms with Gasteiger partial charge in [0.25, 0.3) is 0 Å². The van der Waals surface area contributed by atoms with Crippen LogP contribution < -0.4 is 10.6 Å². The fraction of sp³-hybridized carbons (Fsp3) is 0.385. The largest absolute Gasteiger partial charge is 0.368 e. The molecule has 0 fully saturated rings. The molecule has 0 bridgehead atoms. The van der Waals surface area contributed by atoms with Gasteiger partial charge in [-0.05, 0) is 29.9 Å². The van der Waals surface area contributed by atoms with Crippen molar-refractivity contribution >= 4 is 23.1 Å². The smallest absolute Gasteiger partial charge is 0.221 e. The van der Waals surface area contributed by atoms with Gasteiger partial charge in [-0.3, -0.25) is 0 Å². The molecule has 2 aromatic heterocycles. The standard InChI is InChI=1S/C13H16N4S/c1-2-9-7-15-13(14)16-12(9)17-5-3-11-10(8-17)4-6-18-11/h4,6-7H,2-3,5,8H2,1H3,(H2,14,15,16). The summed E-state index contributed by atoms with van der Waals surface area (Å²) in [7, 11) is 0. The van der Waals surface area contributed by atoms with Crippen LogP contribution in [0.15, 0.2) is 17.6 Å². The van der Waals surface area contributed by atoms with E-state index >= 15 is 0 Å². The molecule has 0 aliphatic carbocycles. The molecule has 0 spiro atoms. The number of fused-ring (bicyclic) bond motifs is 1. The molecule has 1 aliphatic rings. The van der Waals surface area contributed by atoms with E-state index in [4.69, 9.17) is 5.73 Å². The third kappa shape index (κ3) is 1.95. The Morgan fingerprint density at radius 2 is 2.39 bits per heavy atom. The van der Waals surface area contributed by atoms with E-state index in [0.29, 0.717) is 5.95 Å². The van der Waals surface area contributed by atoms with Crippen molar-refractivity contribution in [1.29, 1.82) is 0 Å². The maximum atomic E-state index is 5.72. The van der Waals surface area contributed by atoms with Crippen molar-refractivity contribution in [1.82, 2.24) is 9.97 Å². The zero-order valence-electron chi connectivity index (χ0n) is 10.4. The minimum Gasteiger partial charge on any atom is -0.368 e. The van der Waals surface area contributed by atoms with E-state index in [1.165, 1.54) is 16.0 Å². The molecule has 18 heavy (non-hydrogen) atoms. The molecule has 0 saturated carbocycles. The summed E-state index contributed by atoms with van der Waals surface area (Å²) in [5.74, 6) is 1.36. The highest BCUT2D eigenvalue weighted by Crippen LogP contribution is 2.28. The lowest BCUT2D eigenvalue weighted by Gasteiger charge is -2.29. The van der Waals surface area contributed by atoms with Gasteiger partial charge in [-0.25, -0.2) is 4.98 Å². The number of thiophene rings is 1. The average molecular weight is 260 g/mol. The molecule has 5 heteroatoms. The van der Waals surface area contributed by atoms with E-state index in [0.717, 1.165) is 31.7 Å². The summed E-state index contributed by atoms with van der Waals surface area (Å²) < 4.78 is 0. The van der Waals surface area contributed by atoms with Crippen LogP contribution in [0.5, 0.6) is 0 Å². The highest BCUT2D eigenvalue weighted by atomic mass is 32.1. The van der Waals surface area contributed by atoms with E-state index in [1.54, 1.807) is 0 Å². The molecule has 3 heterocycles. The highest BCUT2D eigenvalue weighted by molar-refractivity contribution is 7.10. The molecule has 3 rings (SSSR count). The first-order valence-corrected chi connectivity index (χ1v) is 7.07. The first-order chi connectivity index (χ1) is 8.78. The summed E-state index contributed by atoms with van der Waals surface area (Å²) >= 11 is 1.85. The van der Waals surface area contributed by atoms with Gasteiger partial charge in [0.05, 0.1) is 0 Å². The van der Waals surface area contributed by atoms with Crippen molar-refractivity contribution < 1.29 is 0 Å². The molecule has 0 atom stereocenters. The molecule has 0 amide bonds. The summed E-state index contributed by atoms with van der Waals surface area (Å²) in [5.41, 5.74) is 8.31. The first kappa shape index (κ1) is 11.5. The Kier molecular flexibility index (Phi) is 2.91. The van der Waals surface area contributed by atoms with Crippen LogP contribution in [-0.2, 0) is 19.4 Å². The van der Waals surface area contributed by atoms with Gasteiger partial charge < -0.3 is 10.6 Å². The third-order valence-electron chi connectivity index (χ3n) is 3.35. The summed E-state index contributed by atoms with van der Waals surface area (Å²) in [6.07, 6.45) is 3.88. The fourth-order valence-corrected chi connectivity index (χ4v) is 3.25. The summed E-state index contributed by atoms with van der Waals surface area (Å²) in [6.45, 7) is 4.07. The van der Waals surface area contributed by atoms with Gasteiger partial charge in [-0.1, -0.05) is 6.92 Å². The normalized spacial score (nSPS) is 14.6. The predicted octanol–water partition coefficient (Wildman–Crippen LogP) is 2.25. The molecule has 2 N–H and O–H groups in total. The quantitative estimate of drug-likeness (QED) is 0.899. The summed E-state index contributed by atoms with van der Waals surface area (Å²) in [6, 6.07) is 2.21. The van der Waals surface area contributed by atoms with E-state index in [9.17, 15) is 0 Å². The fourth-order valence-electron chi connectivity index (χ4n) is 2.36. The van der Waals surface area contributed by atoms with Crippen molar-refractivity contribution in [3.8, 4) is 0 Å². The number of hydrogen-bond acceptors (Lipinski definition) is 5. The van der Waals surface area contributed by atoms with E-state index in [1.807, 2.05) is 17.5 Å². The molecule has 94 valence electrons. The van der Waals surface area contributed by atoms with Crippen LogP contribution in [0.4, 0.5) is 11.8 Å². The van der Waals surface area contributed by atoms with Crippen LogP contribution >= 0.6 is 11.3 Å². The van der Waals surface area contributed by atoms with Gasteiger partial charge in [-0.2, -0.15) is 4.98 Å². The number of nitrogen functional groups attached to an aromatic ring is 1. The number of aryl methyl sites for hydroxylation is 1. The maximum Gasteiger partial charge on any atom is 0.221 e. The Labute approximate surface area is 110 Å². The molecule has 0 unspecified atom stereocenters. The molecule has 0 saturated heterocycles. The molecule has 4 nitrogen and oxygen atoms in total. The van der Waals surface area contributed by atoms with E-state index in [-0.39, 0.29) is 0 Å². The topological polar surface area (TPSA) is 55.0 Å². The van der Waals surface area contributed by atoms with Gasteiger partial charge in [0.1, 0.15) is 5.82 Å². The summed E-state index contributed by atoms with van der Waals surface area (Å²) in [4.78, 5) is 12.3. The number of hydrogen-bond donors (Lipinski definition) is 1. The molecule has 1 aliphatic heterocycles. The Hall–Kier alpha value is -1.62.